The highest BCUT2D eigenvalue weighted by atomic mass is 15.0. The molecule has 10 nitrogen and oxygen atoms in total. The molecule has 0 aliphatic rings. The van der Waals surface area contributed by atoms with Crippen molar-refractivity contribution in [2.24, 2.45) is 0 Å². The Balaban J connectivity index is 0.000000114. The molecule has 0 aliphatic carbocycles. The summed E-state index contributed by atoms with van der Waals surface area (Å²) in [7, 11) is 0. The highest BCUT2D eigenvalue weighted by Crippen LogP contribution is 2.39. The molecule has 0 amide bonds. The first kappa shape index (κ1) is 73.9. The van der Waals surface area contributed by atoms with Gasteiger partial charge in [-0.2, -0.15) is 0 Å². The van der Waals surface area contributed by atoms with Crippen LogP contribution in [0.1, 0.15) is 0 Å². The van der Waals surface area contributed by atoms with Crippen LogP contribution in [-0.2, 0) is 0 Å². The van der Waals surface area contributed by atoms with Gasteiger partial charge in [-0.3, -0.25) is 0 Å². The summed E-state index contributed by atoms with van der Waals surface area (Å²) in [4.78, 5) is 34.5. The Labute approximate surface area is 711 Å². The van der Waals surface area contributed by atoms with Gasteiger partial charge in [-0.25, -0.2) is 34.9 Å². The van der Waals surface area contributed by atoms with E-state index < -0.39 is 0 Å². The van der Waals surface area contributed by atoms with Gasteiger partial charge in [0.2, 0.25) is 0 Å². The van der Waals surface area contributed by atoms with Crippen molar-refractivity contribution in [3.05, 3.63) is 461 Å². The normalized spacial score (nSPS) is 11.3. The van der Waals surface area contributed by atoms with Gasteiger partial charge in [-0.05, 0) is 125 Å². The summed E-state index contributed by atoms with van der Waals surface area (Å²) >= 11 is 0. The molecule has 23 aromatic rings. The summed E-state index contributed by atoms with van der Waals surface area (Å²) in [5, 5.41) is 7.57. The molecule has 0 N–H and O–H groups in total. The molecule has 6 aromatic heterocycles. The van der Waals surface area contributed by atoms with Crippen LogP contribution in [0, 0.1) is 0 Å². The molecular weight excluding hydrogens is 1500 g/mol. The quantitative estimate of drug-likeness (QED) is 0.107. The fourth-order valence-electron chi connectivity index (χ4n) is 16.7. The lowest BCUT2D eigenvalue weighted by molar-refractivity contribution is 1.07. The standard InChI is InChI=1S/2C40H27N3.C33H22N4/c1-3-12-29(13-4-1)36-27-37(30-14-5-2-6-15-30)42-40(41-36)32-17-11-16-31(26-32)28-22-24-33(25-23-28)43-38-20-9-7-18-34(38)35-19-8-10-21-39(35)43;1-3-11-30(12-4-1)36-27-37(42-40(41-36)32-13-5-2-6-14-32)31-21-19-28(20-22-31)29-23-25-33(26-24-29)43-38-17-9-7-15-34(38)35-16-8-10-18-39(35)43;1-3-11-23(12-4-1)31-34-32(24-13-5-2-6-14-24)36-33(35-31)25-19-21-26(22-20-25)37-29-17-9-7-15-27(29)28-16-8-10-18-30(28)37/h2*1-27H;1-22H. The van der Waals surface area contributed by atoms with Crippen LogP contribution >= 0.6 is 0 Å². The SMILES string of the molecule is c1ccc(-c2cc(-c3ccc(-c4ccc(-n5c6ccccc6c6ccccc65)cc4)cc3)nc(-c3ccccc3)n2)cc1.c1ccc(-c2cc(-c3ccccc3)nc(-c3cccc(-c4ccc(-n5c6ccccc6c6ccccc65)cc4)c3)n2)cc1.c1ccc(-c2nc(-c3ccccc3)nc(-c3ccc(-n4c5ccccc5c5ccccc54)cc3)n2)cc1. The lowest BCUT2D eigenvalue weighted by Gasteiger charge is -2.11. The van der Waals surface area contributed by atoms with E-state index >= 15 is 0 Å². The maximum absolute atomic E-state index is 5.03. The molecular formula is C113H76N10. The number of aromatic nitrogens is 10. The summed E-state index contributed by atoms with van der Waals surface area (Å²) in [5.41, 5.74) is 28.0. The molecule has 17 aromatic carbocycles. The van der Waals surface area contributed by atoms with Crippen molar-refractivity contribution < 1.29 is 0 Å². The predicted octanol–water partition coefficient (Wildman–Crippen LogP) is 28.5. The second kappa shape index (κ2) is 33.0. The van der Waals surface area contributed by atoms with Gasteiger partial charge in [0.15, 0.2) is 29.1 Å². The van der Waals surface area contributed by atoms with E-state index in [9.17, 15) is 0 Å². The fourth-order valence-corrected chi connectivity index (χ4v) is 16.7. The Morgan fingerprint density at radius 2 is 0.309 bits per heavy atom. The van der Waals surface area contributed by atoms with Crippen molar-refractivity contribution in [2.75, 3.05) is 0 Å². The Bertz CT molecular complexity index is 7400. The smallest absolute Gasteiger partial charge is 0.164 e. The third kappa shape index (κ3) is 14.8. The van der Waals surface area contributed by atoms with Crippen molar-refractivity contribution in [1.29, 1.82) is 0 Å². The molecule has 0 saturated carbocycles. The summed E-state index contributed by atoms with van der Waals surface area (Å²) in [6.07, 6.45) is 0. The van der Waals surface area contributed by atoms with Crippen LogP contribution in [0.15, 0.2) is 461 Å². The van der Waals surface area contributed by atoms with Gasteiger partial charge < -0.3 is 13.7 Å². The van der Waals surface area contributed by atoms with Gasteiger partial charge >= 0.3 is 0 Å². The summed E-state index contributed by atoms with van der Waals surface area (Å²) in [6.45, 7) is 0. The van der Waals surface area contributed by atoms with Gasteiger partial charge in [-0.1, -0.05) is 358 Å². The molecule has 10 heteroatoms. The maximum Gasteiger partial charge on any atom is 0.164 e. The number of para-hydroxylation sites is 6. The molecule has 0 atom stereocenters. The van der Waals surface area contributed by atoms with Crippen LogP contribution < -0.4 is 0 Å². The molecule has 578 valence electrons. The summed E-state index contributed by atoms with van der Waals surface area (Å²) in [5.74, 6) is 3.42. The average molecular weight is 1570 g/mol. The van der Waals surface area contributed by atoms with E-state index in [-0.39, 0.29) is 0 Å². The first-order valence-electron chi connectivity index (χ1n) is 41.3. The minimum absolute atomic E-state index is 0.654. The third-order valence-electron chi connectivity index (χ3n) is 22.7. The van der Waals surface area contributed by atoms with Gasteiger partial charge in [-0.15, -0.1) is 0 Å². The molecule has 0 fully saturated rings. The molecule has 0 radical (unpaired) electrons. The fraction of sp³-hybridized carbons (Fsp3) is 0. The Hall–Kier alpha value is -16.7. The molecule has 0 bridgehead atoms. The highest BCUT2D eigenvalue weighted by molar-refractivity contribution is 6.11. The van der Waals surface area contributed by atoms with Crippen molar-refractivity contribution in [3.63, 3.8) is 0 Å². The molecule has 0 unspecified atom stereocenters. The molecule has 0 saturated heterocycles. The second-order valence-electron chi connectivity index (χ2n) is 30.3. The van der Waals surface area contributed by atoms with E-state index in [1.54, 1.807) is 0 Å². The largest absolute Gasteiger partial charge is 0.309 e. The second-order valence-corrected chi connectivity index (χ2v) is 30.3. The van der Waals surface area contributed by atoms with Crippen molar-refractivity contribution in [2.45, 2.75) is 0 Å². The van der Waals surface area contributed by atoms with Crippen LogP contribution in [-0.4, -0.2) is 48.6 Å². The molecule has 0 spiro atoms. The minimum atomic E-state index is 0.654. The van der Waals surface area contributed by atoms with E-state index in [1.807, 2.05) is 133 Å². The third-order valence-corrected chi connectivity index (χ3v) is 22.7. The Kier molecular flexibility index (Phi) is 19.8. The van der Waals surface area contributed by atoms with E-state index in [1.165, 1.54) is 71.0 Å². The Morgan fingerprint density at radius 1 is 0.122 bits per heavy atom. The van der Waals surface area contributed by atoms with Gasteiger partial charge in [0, 0.05) is 99.5 Å². The van der Waals surface area contributed by atoms with Crippen LogP contribution in [0.2, 0.25) is 0 Å². The Morgan fingerprint density at radius 3 is 0.602 bits per heavy atom. The van der Waals surface area contributed by atoms with Gasteiger partial charge in [0.05, 0.1) is 55.9 Å². The van der Waals surface area contributed by atoms with E-state index in [4.69, 9.17) is 34.9 Å². The van der Waals surface area contributed by atoms with Crippen LogP contribution in [0.3, 0.4) is 0 Å². The van der Waals surface area contributed by atoms with Crippen LogP contribution in [0.5, 0.6) is 0 Å². The van der Waals surface area contributed by atoms with Crippen molar-refractivity contribution in [1.82, 2.24) is 48.6 Å². The lowest BCUT2D eigenvalue weighted by atomic mass is 10.0. The molecule has 0 aliphatic heterocycles. The zero-order valence-corrected chi connectivity index (χ0v) is 66.9. The van der Waals surface area contributed by atoms with Crippen LogP contribution in [0.4, 0.5) is 0 Å². The number of hydrogen-bond donors (Lipinski definition) is 0. The van der Waals surface area contributed by atoms with E-state index in [0.29, 0.717) is 23.3 Å². The minimum Gasteiger partial charge on any atom is -0.309 e. The molecule has 6 heterocycles. The molecule has 123 heavy (non-hydrogen) atoms. The van der Waals surface area contributed by atoms with Gasteiger partial charge in [0.1, 0.15) is 0 Å². The van der Waals surface area contributed by atoms with Crippen molar-refractivity contribution >= 4 is 65.4 Å². The first-order valence-corrected chi connectivity index (χ1v) is 41.3. The summed E-state index contributed by atoms with van der Waals surface area (Å²) < 4.78 is 7.01. The first-order chi connectivity index (χ1) is 61.0. The number of rotatable bonds is 14. The number of hydrogen-bond acceptors (Lipinski definition) is 7. The average Bonchev–Trinajstić information content (AvgIpc) is 1.68. The highest BCUT2D eigenvalue weighted by Gasteiger charge is 2.20. The predicted molar refractivity (Wildman–Crippen MR) is 507 cm³/mol. The van der Waals surface area contributed by atoms with Crippen LogP contribution in [0.25, 0.3) is 207 Å². The summed E-state index contributed by atoms with van der Waals surface area (Å²) in [6, 6.07) is 160. The molecule has 23 rings (SSSR count). The van der Waals surface area contributed by atoms with E-state index in [0.717, 1.165) is 112 Å². The lowest BCUT2D eigenvalue weighted by Crippen LogP contribution is -2.00. The number of fused-ring (bicyclic) bond motifs is 9. The van der Waals surface area contributed by atoms with Gasteiger partial charge in [0.25, 0.3) is 0 Å². The zero-order valence-electron chi connectivity index (χ0n) is 66.9. The number of nitrogens with zero attached hydrogens (tertiary/aromatic N) is 10. The maximum atomic E-state index is 5.03. The topological polar surface area (TPSA) is 105 Å². The zero-order chi connectivity index (χ0) is 81.8. The monoisotopic (exact) mass is 1570 g/mol. The number of benzene rings is 17. The van der Waals surface area contributed by atoms with Crippen molar-refractivity contribution in [3.8, 4) is 141 Å². The van der Waals surface area contributed by atoms with E-state index in [2.05, 4.69) is 341 Å².